The third-order valence-electron chi connectivity index (χ3n) is 3.34. The van der Waals surface area contributed by atoms with Gasteiger partial charge in [0.25, 0.3) is 0 Å². The van der Waals surface area contributed by atoms with Crippen LogP contribution < -0.4 is 5.32 Å². The van der Waals surface area contributed by atoms with E-state index in [9.17, 15) is 0 Å². The Labute approximate surface area is 104 Å². The summed E-state index contributed by atoms with van der Waals surface area (Å²) in [4.78, 5) is 0. The molecule has 4 nitrogen and oxygen atoms in total. The average Bonchev–Trinajstić information content (AvgIpc) is 2.53. The van der Waals surface area contributed by atoms with Crippen LogP contribution >= 0.6 is 0 Å². The van der Waals surface area contributed by atoms with Gasteiger partial charge in [-0.3, -0.25) is 4.68 Å². The first-order valence-electron chi connectivity index (χ1n) is 6.18. The molecule has 0 radical (unpaired) electrons. The van der Waals surface area contributed by atoms with Crippen LogP contribution in [-0.2, 0) is 13.6 Å². The van der Waals surface area contributed by atoms with E-state index in [2.05, 4.69) is 38.1 Å². The second-order valence-corrected chi connectivity index (χ2v) is 5.69. The predicted molar refractivity (Wildman–Crippen MR) is 69.7 cm³/mol. The van der Waals surface area contributed by atoms with Crippen LogP contribution in [0.3, 0.4) is 0 Å². The number of rotatable bonds is 5. The number of hydrogen-bond acceptors (Lipinski definition) is 3. The van der Waals surface area contributed by atoms with Crippen molar-refractivity contribution in [3.05, 3.63) is 17.5 Å². The first-order chi connectivity index (χ1) is 7.86. The molecule has 2 N–H and O–H groups in total. The predicted octanol–water partition coefficient (Wildman–Crippen LogP) is 1.62. The highest BCUT2D eigenvalue weighted by Gasteiger charge is 2.23. The molecule has 1 unspecified atom stereocenters. The molecule has 0 amide bonds. The summed E-state index contributed by atoms with van der Waals surface area (Å²) in [5, 5.41) is 16.8. The molecule has 0 aliphatic heterocycles. The summed E-state index contributed by atoms with van der Waals surface area (Å²) in [7, 11) is 1.95. The number of aryl methyl sites for hydroxylation is 1. The van der Waals surface area contributed by atoms with Crippen molar-refractivity contribution >= 4 is 0 Å². The maximum absolute atomic E-state index is 9.10. The molecular weight excluding hydrogens is 214 g/mol. The molecule has 1 heterocycles. The number of aromatic nitrogens is 2. The van der Waals surface area contributed by atoms with Crippen molar-refractivity contribution in [1.82, 2.24) is 15.1 Å². The van der Waals surface area contributed by atoms with Gasteiger partial charge in [-0.1, -0.05) is 20.8 Å². The molecule has 98 valence electrons. The van der Waals surface area contributed by atoms with Gasteiger partial charge in [-0.05, 0) is 18.8 Å². The Bertz CT molecular complexity index is 352. The first kappa shape index (κ1) is 14.2. The standard InChI is InChI=1S/C13H25N3O/c1-10-11(9-15-16(10)5)8-14-12(6-7-17)13(2,3)4/h9,12,14,17H,6-8H2,1-5H3. The van der Waals surface area contributed by atoms with Gasteiger partial charge in [0.15, 0.2) is 0 Å². The van der Waals surface area contributed by atoms with Crippen molar-refractivity contribution in [3.63, 3.8) is 0 Å². The second-order valence-electron chi connectivity index (χ2n) is 5.69. The number of nitrogens with one attached hydrogen (secondary N) is 1. The fraction of sp³-hybridized carbons (Fsp3) is 0.769. The van der Waals surface area contributed by atoms with Crippen LogP contribution in [0.5, 0.6) is 0 Å². The number of aliphatic hydroxyl groups excluding tert-OH is 1. The lowest BCUT2D eigenvalue weighted by Gasteiger charge is -2.31. The third kappa shape index (κ3) is 3.82. The maximum Gasteiger partial charge on any atom is 0.0537 e. The van der Waals surface area contributed by atoms with Gasteiger partial charge in [0.2, 0.25) is 0 Å². The first-order valence-corrected chi connectivity index (χ1v) is 6.18. The fourth-order valence-corrected chi connectivity index (χ4v) is 1.92. The van der Waals surface area contributed by atoms with E-state index in [1.807, 2.05) is 17.9 Å². The van der Waals surface area contributed by atoms with Crippen LogP contribution in [0.4, 0.5) is 0 Å². The Balaban J connectivity index is 2.61. The van der Waals surface area contributed by atoms with Gasteiger partial charge in [-0.15, -0.1) is 0 Å². The van der Waals surface area contributed by atoms with E-state index in [0.29, 0.717) is 6.04 Å². The lowest BCUT2D eigenvalue weighted by molar-refractivity contribution is 0.196. The molecule has 0 spiro atoms. The lowest BCUT2D eigenvalue weighted by Crippen LogP contribution is -2.40. The Morgan fingerprint density at radius 2 is 2.12 bits per heavy atom. The highest BCUT2D eigenvalue weighted by atomic mass is 16.3. The molecule has 0 saturated carbocycles. The molecule has 0 aliphatic rings. The van der Waals surface area contributed by atoms with Crippen LogP contribution in [0.25, 0.3) is 0 Å². The minimum absolute atomic E-state index is 0.152. The van der Waals surface area contributed by atoms with Gasteiger partial charge in [0.05, 0.1) is 6.20 Å². The molecule has 4 heteroatoms. The molecule has 17 heavy (non-hydrogen) atoms. The van der Waals surface area contributed by atoms with E-state index in [-0.39, 0.29) is 12.0 Å². The van der Waals surface area contributed by atoms with Crippen LogP contribution in [0, 0.1) is 12.3 Å². The molecule has 0 fully saturated rings. The summed E-state index contributed by atoms with van der Waals surface area (Å²) in [5.41, 5.74) is 2.56. The molecule has 1 aromatic heterocycles. The quantitative estimate of drug-likeness (QED) is 0.821. The number of nitrogens with zero attached hydrogens (tertiary/aromatic N) is 2. The molecule has 0 aromatic carbocycles. The lowest BCUT2D eigenvalue weighted by atomic mass is 9.85. The summed E-state index contributed by atoms with van der Waals surface area (Å²) in [5.74, 6) is 0. The van der Waals surface area contributed by atoms with Gasteiger partial charge < -0.3 is 10.4 Å². The van der Waals surface area contributed by atoms with Crippen molar-refractivity contribution < 1.29 is 5.11 Å². The number of aliphatic hydroxyl groups is 1. The smallest absolute Gasteiger partial charge is 0.0537 e. The summed E-state index contributed by atoms with van der Waals surface area (Å²) >= 11 is 0. The number of hydrogen-bond donors (Lipinski definition) is 2. The van der Waals surface area contributed by atoms with E-state index in [1.54, 1.807) is 0 Å². The zero-order valence-corrected chi connectivity index (χ0v) is 11.6. The minimum atomic E-state index is 0.152. The zero-order chi connectivity index (χ0) is 13.1. The van der Waals surface area contributed by atoms with Crippen LogP contribution in [0.2, 0.25) is 0 Å². The third-order valence-corrected chi connectivity index (χ3v) is 3.34. The summed E-state index contributed by atoms with van der Waals surface area (Å²) < 4.78 is 1.88. The zero-order valence-electron chi connectivity index (χ0n) is 11.6. The van der Waals surface area contributed by atoms with Crippen LogP contribution in [-0.4, -0.2) is 27.5 Å². The van der Waals surface area contributed by atoms with Crippen LogP contribution in [0.15, 0.2) is 6.20 Å². The van der Waals surface area contributed by atoms with Gasteiger partial charge in [0.1, 0.15) is 0 Å². The van der Waals surface area contributed by atoms with Gasteiger partial charge in [0, 0.05) is 37.5 Å². The Morgan fingerprint density at radius 3 is 2.53 bits per heavy atom. The molecular formula is C13H25N3O. The van der Waals surface area contributed by atoms with Crippen molar-refractivity contribution in [1.29, 1.82) is 0 Å². The largest absolute Gasteiger partial charge is 0.396 e. The van der Waals surface area contributed by atoms with E-state index < -0.39 is 0 Å². The van der Waals surface area contributed by atoms with Crippen molar-refractivity contribution in [2.45, 2.75) is 46.7 Å². The Kier molecular flexibility index (Phi) is 4.71. The molecule has 1 aromatic rings. The normalized spacial score (nSPS) is 14.0. The van der Waals surface area contributed by atoms with E-state index in [1.165, 1.54) is 11.3 Å². The average molecular weight is 239 g/mol. The van der Waals surface area contributed by atoms with E-state index in [0.717, 1.165) is 13.0 Å². The molecule has 0 aliphatic carbocycles. The Morgan fingerprint density at radius 1 is 1.47 bits per heavy atom. The van der Waals surface area contributed by atoms with Crippen molar-refractivity contribution in [3.8, 4) is 0 Å². The Hall–Kier alpha value is -0.870. The van der Waals surface area contributed by atoms with Crippen LogP contribution in [0.1, 0.15) is 38.4 Å². The topological polar surface area (TPSA) is 50.1 Å². The van der Waals surface area contributed by atoms with Gasteiger partial charge >= 0.3 is 0 Å². The van der Waals surface area contributed by atoms with Gasteiger partial charge in [-0.25, -0.2) is 0 Å². The monoisotopic (exact) mass is 239 g/mol. The second kappa shape index (κ2) is 5.65. The summed E-state index contributed by atoms with van der Waals surface area (Å²) in [6.45, 7) is 9.67. The molecule has 1 rings (SSSR count). The fourth-order valence-electron chi connectivity index (χ4n) is 1.92. The molecule has 1 atom stereocenters. The maximum atomic E-state index is 9.10. The highest BCUT2D eigenvalue weighted by molar-refractivity contribution is 5.15. The van der Waals surface area contributed by atoms with Gasteiger partial charge in [-0.2, -0.15) is 5.10 Å². The summed E-state index contributed by atoms with van der Waals surface area (Å²) in [6, 6.07) is 0.312. The van der Waals surface area contributed by atoms with E-state index in [4.69, 9.17) is 5.11 Å². The highest BCUT2D eigenvalue weighted by Crippen LogP contribution is 2.22. The SMILES string of the molecule is Cc1c(CNC(CCO)C(C)(C)C)cnn1C. The van der Waals surface area contributed by atoms with Crippen molar-refractivity contribution in [2.24, 2.45) is 12.5 Å². The van der Waals surface area contributed by atoms with E-state index >= 15 is 0 Å². The van der Waals surface area contributed by atoms with Crippen molar-refractivity contribution in [2.75, 3.05) is 6.61 Å². The minimum Gasteiger partial charge on any atom is -0.396 e. The summed E-state index contributed by atoms with van der Waals surface area (Å²) in [6.07, 6.45) is 2.68. The molecule has 0 saturated heterocycles. The molecule has 0 bridgehead atoms.